The van der Waals surface area contributed by atoms with Crippen LogP contribution >= 0.6 is 11.8 Å². The fourth-order valence-corrected chi connectivity index (χ4v) is 2.60. The number of ether oxygens (including phenoxy) is 1. The van der Waals surface area contributed by atoms with Gasteiger partial charge in [-0.3, -0.25) is 9.59 Å². The monoisotopic (exact) mass is 350 g/mol. The minimum atomic E-state index is -1.82. The second kappa shape index (κ2) is 8.82. The summed E-state index contributed by atoms with van der Waals surface area (Å²) in [7, 11) is 0. The van der Waals surface area contributed by atoms with Crippen LogP contribution in [0.1, 0.15) is 6.92 Å². The summed E-state index contributed by atoms with van der Waals surface area (Å²) in [5, 5.41) is 32.4. The quantitative estimate of drug-likeness (QED) is 0.229. The van der Waals surface area contributed by atoms with Gasteiger partial charge in [-0.25, -0.2) is 4.79 Å². The topological polar surface area (TPSA) is 162 Å². The molecule has 1 unspecified atom stereocenters. The first-order chi connectivity index (χ1) is 10.8. The standard InChI is InChI=1S/C12H18N2O8S/c1-5(17)13-6(2-15)10(9(19)8(18)3-16)22-11(20)7-4-23-12(21)14-7/h2,6-10,16,18-19H,3-4H2,1H3,(H,13,17)(H,14,21)/t6-,7?,8+,9+,10+/m0/s1. The van der Waals surface area contributed by atoms with Gasteiger partial charge in [0.2, 0.25) is 5.91 Å². The Labute approximate surface area is 135 Å². The summed E-state index contributed by atoms with van der Waals surface area (Å²) in [6.45, 7) is 0.259. The number of thioether (sulfide) groups is 1. The predicted octanol–water partition coefficient (Wildman–Crippen LogP) is -2.86. The maximum atomic E-state index is 12.0. The average Bonchev–Trinajstić information content (AvgIpc) is 2.95. The molecular formula is C12H18N2O8S. The molecule has 1 heterocycles. The number of hydrogen-bond donors (Lipinski definition) is 5. The number of carbonyl (C=O) groups is 4. The molecule has 23 heavy (non-hydrogen) atoms. The Morgan fingerprint density at radius 3 is 2.61 bits per heavy atom. The molecular weight excluding hydrogens is 332 g/mol. The summed E-state index contributed by atoms with van der Waals surface area (Å²) in [5.74, 6) is -1.46. The molecule has 1 aliphatic rings. The zero-order valence-corrected chi connectivity index (χ0v) is 13.0. The van der Waals surface area contributed by atoms with Gasteiger partial charge in [-0.1, -0.05) is 11.8 Å². The maximum Gasteiger partial charge on any atom is 0.330 e. The van der Waals surface area contributed by atoms with Gasteiger partial charge in [-0.2, -0.15) is 0 Å². The molecule has 0 aromatic rings. The molecule has 5 atom stereocenters. The van der Waals surface area contributed by atoms with Crippen LogP contribution in [-0.2, 0) is 19.1 Å². The molecule has 0 aromatic heterocycles. The largest absolute Gasteiger partial charge is 0.455 e. The highest BCUT2D eigenvalue weighted by Crippen LogP contribution is 2.17. The van der Waals surface area contributed by atoms with Crippen molar-refractivity contribution < 1.29 is 39.2 Å². The summed E-state index contributed by atoms with van der Waals surface area (Å²) in [6.07, 6.45) is -4.92. The summed E-state index contributed by atoms with van der Waals surface area (Å²) >= 11 is 0.863. The predicted molar refractivity (Wildman–Crippen MR) is 77.4 cm³/mol. The van der Waals surface area contributed by atoms with E-state index < -0.39 is 54.1 Å². The summed E-state index contributed by atoms with van der Waals surface area (Å²) in [4.78, 5) is 45.3. The molecule has 2 amide bonds. The lowest BCUT2D eigenvalue weighted by molar-refractivity contribution is -0.167. The van der Waals surface area contributed by atoms with Crippen LogP contribution < -0.4 is 10.6 Å². The highest BCUT2D eigenvalue weighted by molar-refractivity contribution is 8.14. The van der Waals surface area contributed by atoms with Gasteiger partial charge in [-0.15, -0.1) is 0 Å². The Balaban J connectivity index is 2.88. The van der Waals surface area contributed by atoms with Gasteiger partial charge in [0.05, 0.1) is 6.61 Å². The summed E-state index contributed by atoms with van der Waals surface area (Å²) in [6, 6.07) is -2.41. The van der Waals surface area contributed by atoms with Crippen molar-refractivity contribution in [1.82, 2.24) is 10.6 Å². The molecule has 0 aliphatic carbocycles. The highest BCUT2D eigenvalue weighted by atomic mass is 32.2. The molecule has 10 nitrogen and oxygen atoms in total. The molecule has 1 rings (SSSR count). The third kappa shape index (κ3) is 5.46. The summed E-state index contributed by atoms with van der Waals surface area (Å²) in [5.41, 5.74) is 0. The van der Waals surface area contributed by atoms with Crippen molar-refractivity contribution in [3.05, 3.63) is 0 Å². The van der Waals surface area contributed by atoms with Gasteiger partial charge in [0, 0.05) is 12.7 Å². The first-order valence-corrected chi connectivity index (χ1v) is 7.61. The van der Waals surface area contributed by atoms with Crippen molar-refractivity contribution in [3.8, 4) is 0 Å². The molecule has 0 saturated carbocycles. The maximum absolute atomic E-state index is 12.0. The number of hydrogen-bond acceptors (Lipinski definition) is 9. The second-order valence-electron chi connectivity index (χ2n) is 4.80. The van der Waals surface area contributed by atoms with Gasteiger partial charge in [0.25, 0.3) is 5.24 Å². The number of nitrogens with one attached hydrogen (secondary N) is 2. The van der Waals surface area contributed by atoms with Crippen molar-refractivity contribution >= 4 is 35.2 Å². The van der Waals surface area contributed by atoms with Crippen LogP contribution in [0.5, 0.6) is 0 Å². The smallest absolute Gasteiger partial charge is 0.330 e. The lowest BCUT2D eigenvalue weighted by atomic mass is 10.0. The SMILES string of the molecule is CC(=O)N[C@@H](C=O)[C@@H](OC(=O)C1CSC(=O)N1)[C@H](O)[C@H](O)CO. The van der Waals surface area contributed by atoms with E-state index in [1.165, 1.54) is 0 Å². The number of amides is 2. The second-order valence-corrected chi connectivity index (χ2v) is 5.79. The van der Waals surface area contributed by atoms with Crippen LogP contribution in [0.15, 0.2) is 0 Å². The van der Waals surface area contributed by atoms with Gasteiger partial charge >= 0.3 is 5.97 Å². The average molecular weight is 350 g/mol. The molecule has 0 radical (unpaired) electrons. The molecule has 0 bridgehead atoms. The first-order valence-electron chi connectivity index (χ1n) is 6.63. The molecule has 0 spiro atoms. The van der Waals surface area contributed by atoms with Gasteiger partial charge in [0.15, 0.2) is 6.10 Å². The molecule has 1 saturated heterocycles. The van der Waals surface area contributed by atoms with E-state index in [-0.39, 0.29) is 12.0 Å². The van der Waals surface area contributed by atoms with Crippen LogP contribution in [0.3, 0.4) is 0 Å². The lowest BCUT2D eigenvalue weighted by Crippen LogP contribution is -2.56. The Hall–Kier alpha value is -1.69. The van der Waals surface area contributed by atoms with E-state index in [1.54, 1.807) is 0 Å². The normalized spacial score (nSPS) is 22.4. The molecule has 1 aliphatic heterocycles. The lowest BCUT2D eigenvalue weighted by Gasteiger charge is -2.30. The minimum Gasteiger partial charge on any atom is -0.455 e. The van der Waals surface area contributed by atoms with Gasteiger partial charge < -0.3 is 35.5 Å². The van der Waals surface area contributed by atoms with Crippen LogP contribution in [0, 0.1) is 0 Å². The van der Waals surface area contributed by atoms with Gasteiger partial charge in [0.1, 0.15) is 30.6 Å². The summed E-state index contributed by atoms with van der Waals surface area (Å²) < 4.78 is 4.99. The molecule has 11 heteroatoms. The van der Waals surface area contributed by atoms with E-state index in [1.807, 2.05) is 0 Å². The van der Waals surface area contributed by atoms with Crippen molar-refractivity contribution in [3.63, 3.8) is 0 Å². The number of aldehydes is 1. The van der Waals surface area contributed by atoms with E-state index in [0.717, 1.165) is 18.7 Å². The fourth-order valence-electron chi connectivity index (χ4n) is 1.84. The molecule has 0 aromatic carbocycles. The van der Waals surface area contributed by atoms with E-state index in [0.29, 0.717) is 0 Å². The third-order valence-corrected chi connectivity index (χ3v) is 3.88. The Kier molecular flexibility index (Phi) is 7.42. The van der Waals surface area contributed by atoms with E-state index in [2.05, 4.69) is 10.6 Å². The first kappa shape index (κ1) is 19.4. The van der Waals surface area contributed by atoms with E-state index in [4.69, 9.17) is 9.84 Å². The minimum absolute atomic E-state index is 0.106. The molecule has 1 fully saturated rings. The van der Waals surface area contributed by atoms with Crippen LogP contribution in [0.25, 0.3) is 0 Å². The number of rotatable bonds is 8. The number of aliphatic hydroxyl groups excluding tert-OH is 3. The number of esters is 1. The van der Waals surface area contributed by atoms with Crippen molar-refractivity contribution in [1.29, 1.82) is 0 Å². The zero-order chi connectivity index (χ0) is 17.6. The van der Waals surface area contributed by atoms with Gasteiger partial charge in [-0.05, 0) is 0 Å². The Bertz CT molecular complexity index is 474. The Morgan fingerprint density at radius 1 is 1.52 bits per heavy atom. The highest BCUT2D eigenvalue weighted by Gasteiger charge is 2.39. The molecule has 130 valence electrons. The fraction of sp³-hybridized carbons (Fsp3) is 0.667. The zero-order valence-electron chi connectivity index (χ0n) is 12.2. The number of carbonyl (C=O) groups excluding carboxylic acids is 4. The molecule has 5 N–H and O–H groups in total. The third-order valence-electron chi connectivity index (χ3n) is 3.00. The van der Waals surface area contributed by atoms with Crippen molar-refractivity contribution in [2.45, 2.75) is 37.3 Å². The van der Waals surface area contributed by atoms with Crippen LogP contribution in [0.4, 0.5) is 4.79 Å². The van der Waals surface area contributed by atoms with E-state index >= 15 is 0 Å². The Morgan fingerprint density at radius 2 is 2.17 bits per heavy atom. The van der Waals surface area contributed by atoms with E-state index in [9.17, 15) is 29.4 Å². The van der Waals surface area contributed by atoms with Crippen LogP contribution in [-0.4, -0.2) is 81.5 Å². The van der Waals surface area contributed by atoms with Crippen LogP contribution in [0.2, 0.25) is 0 Å². The number of aliphatic hydroxyl groups is 3. The van der Waals surface area contributed by atoms with Crippen molar-refractivity contribution in [2.75, 3.05) is 12.4 Å². The van der Waals surface area contributed by atoms with Crippen molar-refractivity contribution in [2.24, 2.45) is 0 Å².